The maximum atomic E-state index is 13.1. The average Bonchev–Trinajstić information content (AvgIpc) is 3.42. The topological polar surface area (TPSA) is 172 Å². The molecule has 0 radical (unpaired) electrons. The van der Waals surface area contributed by atoms with Crippen LogP contribution in [0.25, 0.3) is 0 Å². The minimum atomic E-state index is -4.38. The van der Waals surface area contributed by atoms with Crippen LogP contribution >= 0.6 is 11.8 Å². The van der Waals surface area contributed by atoms with E-state index in [1.54, 1.807) is 11.9 Å². The smallest absolute Gasteiger partial charge is 0.276 e. The van der Waals surface area contributed by atoms with Gasteiger partial charge in [0.1, 0.15) is 16.9 Å². The molecule has 1 saturated heterocycles. The number of halogens is 4. The van der Waals surface area contributed by atoms with E-state index in [0.717, 1.165) is 25.5 Å². The van der Waals surface area contributed by atoms with Crippen LogP contribution in [0, 0.1) is 5.92 Å². The van der Waals surface area contributed by atoms with E-state index in [-0.39, 0.29) is 39.1 Å². The second-order valence-electron chi connectivity index (χ2n) is 10.2. The predicted octanol–water partition coefficient (Wildman–Crippen LogP) is 2.31. The zero-order valence-electron chi connectivity index (χ0n) is 23.1. The minimum absolute atomic E-state index is 0.0498. The molecule has 1 aliphatic heterocycles. The standard InChI is InChI=1S/C24H33F4N7O6S2/c1-35(14-10-40-11-14)15-7-19(29-8-16(15)43(38,39)30-9-17(25)26)31-22(36)20(13-5-3-2-4-6-13)32-23(37)21-24(34-41-33-21)42-12-18(27)28/h7-8,13-14,17-18,20,22,30,36H,2-6,9-12H2,1H3,(H,29,31)(H,32,37)/t20-,22-/m0/s1. The van der Waals surface area contributed by atoms with Gasteiger partial charge in [-0.1, -0.05) is 31.0 Å². The molecule has 43 heavy (non-hydrogen) atoms. The first-order chi connectivity index (χ1) is 20.5. The van der Waals surface area contributed by atoms with Gasteiger partial charge in [-0.3, -0.25) is 4.79 Å². The van der Waals surface area contributed by atoms with Crippen molar-refractivity contribution in [2.24, 2.45) is 5.92 Å². The zero-order valence-corrected chi connectivity index (χ0v) is 24.7. The number of ether oxygens (including phenoxy) is 1. The molecule has 2 aliphatic rings. The van der Waals surface area contributed by atoms with E-state index < -0.39 is 53.3 Å². The van der Waals surface area contributed by atoms with Crippen LogP contribution in [0.4, 0.5) is 29.1 Å². The van der Waals surface area contributed by atoms with Gasteiger partial charge in [0.05, 0.1) is 49.5 Å². The van der Waals surface area contributed by atoms with Crippen molar-refractivity contribution in [1.82, 2.24) is 25.3 Å². The number of carbonyl (C=O) groups excluding carboxylic acids is 1. The Morgan fingerprint density at radius 3 is 2.51 bits per heavy atom. The lowest BCUT2D eigenvalue weighted by molar-refractivity contribution is 0.00996. The lowest BCUT2D eigenvalue weighted by Gasteiger charge is -2.37. The highest BCUT2D eigenvalue weighted by Gasteiger charge is 2.34. The minimum Gasteiger partial charge on any atom is -0.377 e. The molecule has 4 N–H and O–H groups in total. The van der Waals surface area contributed by atoms with Crippen LogP contribution in [0.1, 0.15) is 42.6 Å². The summed E-state index contributed by atoms with van der Waals surface area (Å²) in [6, 6.07) is 0.280. The number of aliphatic hydroxyl groups is 1. The van der Waals surface area contributed by atoms with Gasteiger partial charge in [-0.2, -0.15) is 0 Å². The van der Waals surface area contributed by atoms with Crippen molar-refractivity contribution < 1.29 is 45.2 Å². The predicted molar refractivity (Wildman–Crippen MR) is 147 cm³/mol. The second-order valence-corrected chi connectivity index (χ2v) is 12.9. The van der Waals surface area contributed by atoms with E-state index in [9.17, 15) is 35.9 Å². The van der Waals surface area contributed by atoms with Crippen LogP contribution in [0.15, 0.2) is 26.8 Å². The van der Waals surface area contributed by atoms with Crippen LogP contribution in [-0.2, 0) is 14.8 Å². The number of aliphatic hydroxyl groups excluding tert-OH is 1. The number of anilines is 2. The summed E-state index contributed by atoms with van der Waals surface area (Å²) in [5, 5.41) is 23.8. The van der Waals surface area contributed by atoms with Gasteiger partial charge in [0.15, 0.2) is 5.03 Å². The summed E-state index contributed by atoms with van der Waals surface area (Å²) in [5.41, 5.74) is -0.165. The molecule has 2 atom stereocenters. The number of pyridine rings is 1. The molecule has 0 spiro atoms. The molecule has 1 aliphatic carbocycles. The van der Waals surface area contributed by atoms with Gasteiger partial charge in [0.2, 0.25) is 22.1 Å². The van der Waals surface area contributed by atoms with E-state index >= 15 is 0 Å². The third kappa shape index (κ3) is 8.68. The number of likely N-dealkylation sites (N-methyl/N-ethyl adjacent to an activating group) is 1. The summed E-state index contributed by atoms with van der Waals surface area (Å²) >= 11 is 0.609. The molecule has 3 heterocycles. The second kappa shape index (κ2) is 14.8. The molecule has 1 amide bonds. The summed E-state index contributed by atoms with van der Waals surface area (Å²) in [6.45, 7) is -0.445. The van der Waals surface area contributed by atoms with Crippen molar-refractivity contribution in [2.75, 3.05) is 42.8 Å². The molecule has 4 rings (SSSR count). The summed E-state index contributed by atoms with van der Waals surface area (Å²) in [5.74, 6) is -1.53. The lowest BCUT2D eigenvalue weighted by Crippen LogP contribution is -2.52. The van der Waals surface area contributed by atoms with Gasteiger partial charge >= 0.3 is 0 Å². The van der Waals surface area contributed by atoms with Crippen LogP contribution in [-0.4, -0.2) is 98.5 Å². The normalized spacial score (nSPS) is 18.0. The zero-order chi connectivity index (χ0) is 31.1. The van der Waals surface area contributed by atoms with Crippen molar-refractivity contribution >= 4 is 39.2 Å². The summed E-state index contributed by atoms with van der Waals surface area (Å²) in [6.07, 6.45) is -1.91. The van der Waals surface area contributed by atoms with Crippen LogP contribution in [0.3, 0.4) is 0 Å². The molecule has 0 unspecified atom stereocenters. The molecule has 0 aromatic carbocycles. The van der Waals surface area contributed by atoms with E-state index in [0.29, 0.717) is 37.8 Å². The molecule has 2 aromatic rings. The number of alkyl halides is 4. The van der Waals surface area contributed by atoms with Crippen molar-refractivity contribution in [3.05, 3.63) is 18.0 Å². The highest BCUT2D eigenvalue weighted by atomic mass is 32.2. The van der Waals surface area contributed by atoms with Gasteiger partial charge in [0, 0.05) is 13.1 Å². The molecule has 240 valence electrons. The fraction of sp³-hybridized carbons (Fsp3) is 0.667. The molecule has 19 heteroatoms. The van der Waals surface area contributed by atoms with Gasteiger partial charge in [-0.15, -0.1) is 0 Å². The Hall–Kier alpha value is -2.74. The largest absolute Gasteiger partial charge is 0.377 e. The Morgan fingerprint density at radius 2 is 1.88 bits per heavy atom. The third-order valence-electron chi connectivity index (χ3n) is 7.22. The highest BCUT2D eigenvalue weighted by Crippen LogP contribution is 2.32. The maximum absolute atomic E-state index is 13.1. The summed E-state index contributed by atoms with van der Waals surface area (Å²) < 4.78 is 88.3. The Bertz CT molecular complexity index is 1330. The molecule has 2 aromatic heterocycles. The number of hydrogen-bond donors (Lipinski definition) is 4. The quantitative estimate of drug-likeness (QED) is 0.126. The van der Waals surface area contributed by atoms with Crippen molar-refractivity contribution in [3.63, 3.8) is 0 Å². The number of nitrogens with one attached hydrogen (secondary N) is 3. The SMILES string of the molecule is CN(c1cc(N[C@@H](O)[C@@H](NC(=O)c2nonc2SCC(F)F)C2CCCCC2)ncc1S(=O)(=O)NCC(F)F)C1COC1. The molecule has 2 fully saturated rings. The molecular formula is C24H33F4N7O6S2. The highest BCUT2D eigenvalue weighted by molar-refractivity contribution is 7.99. The van der Waals surface area contributed by atoms with Gasteiger partial charge < -0.3 is 25.4 Å². The monoisotopic (exact) mass is 655 g/mol. The molecule has 1 saturated carbocycles. The summed E-state index contributed by atoms with van der Waals surface area (Å²) in [7, 11) is -2.76. The van der Waals surface area contributed by atoms with E-state index in [1.165, 1.54) is 6.07 Å². The van der Waals surface area contributed by atoms with Gasteiger partial charge in [-0.05, 0) is 29.1 Å². The number of nitrogens with zero attached hydrogens (tertiary/aromatic N) is 4. The maximum Gasteiger partial charge on any atom is 0.276 e. The number of aromatic nitrogens is 3. The van der Waals surface area contributed by atoms with Crippen LogP contribution < -0.4 is 20.3 Å². The Morgan fingerprint density at radius 1 is 1.16 bits per heavy atom. The number of hydrogen-bond acceptors (Lipinski definition) is 12. The fourth-order valence-corrected chi connectivity index (χ4v) is 6.66. The van der Waals surface area contributed by atoms with E-state index in [4.69, 9.17) is 4.74 Å². The Kier molecular flexibility index (Phi) is 11.4. The first kappa shape index (κ1) is 33.2. The van der Waals surface area contributed by atoms with E-state index in [2.05, 4.69) is 30.6 Å². The Balaban J connectivity index is 1.57. The van der Waals surface area contributed by atoms with Gasteiger partial charge in [-0.25, -0.2) is 40.3 Å². The molecule has 13 nitrogen and oxygen atoms in total. The van der Waals surface area contributed by atoms with Crippen molar-refractivity contribution in [1.29, 1.82) is 0 Å². The number of carbonyl (C=O) groups is 1. The summed E-state index contributed by atoms with van der Waals surface area (Å²) in [4.78, 5) is 18.5. The first-order valence-corrected chi connectivity index (χ1v) is 16.0. The molecule has 0 bridgehead atoms. The number of amides is 1. The number of rotatable bonds is 15. The van der Waals surface area contributed by atoms with E-state index in [1.807, 2.05) is 4.72 Å². The van der Waals surface area contributed by atoms with Crippen molar-refractivity contribution in [3.8, 4) is 0 Å². The Labute approximate surface area is 249 Å². The first-order valence-electron chi connectivity index (χ1n) is 13.5. The lowest BCUT2D eigenvalue weighted by atomic mass is 9.83. The third-order valence-corrected chi connectivity index (χ3v) is 9.62. The van der Waals surface area contributed by atoms with Crippen molar-refractivity contribution in [2.45, 2.75) is 73.2 Å². The number of thioether (sulfide) groups is 1. The number of sulfonamides is 1. The fourth-order valence-electron chi connectivity index (χ4n) is 4.85. The van der Waals surface area contributed by atoms with Crippen LogP contribution in [0.2, 0.25) is 0 Å². The van der Waals surface area contributed by atoms with Crippen LogP contribution in [0.5, 0.6) is 0 Å². The van der Waals surface area contributed by atoms with Gasteiger partial charge in [0.25, 0.3) is 12.3 Å². The molecular weight excluding hydrogens is 622 g/mol. The average molecular weight is 656 g/mol.